The van der Waals surface area contributed by atoms with Crippen LogP contribution < -0.4 is 10.5 Å². The number of piperazine rings is 1. The molecule has 1 aliphatic heterocycles. The van der Waals surface area contributed by atoms with Crippen molar-refractivity contribution in [1.82, 2.24) is 23.8 Å². The van der Waals surface area contributed by atoms with Crippen LogP contribution in [0.3, 0.4) is 0 Å². The average Bonchev–Trinajstić information content (AvgIpc) is 3.32. The van der Waals surface area contributed by atoms with Crippen molar-refractivity contribution >= 4 is 28.4 Å². The van der Waals surface area contributed by atoms with E-state index in [9.17, 15) is 9.59 Å². The molecule has 158 valence electrons. The summed E-state index contributed by atoms with van der Waals surface area (Å²) < 4.78 is 3.56. The van der Waals surface area contributed by atoms with E-state index in [-0.39, 0.29) is 11.5 Å². The van der Waals surface area contributed by atoms with Crippen LogP contribution in [-0.2, 0) is 11.3 Å². The van der Waals surface area contributed by atoms with Gasteiger partial charge in [-0.15, -0.1) is 0 Å². The first-order valence-electron chi connectivity index (χ1n) is 10.6. The summed E-state index contributed by atoms with van der Waals surface area (Å²) >= 11 is 0. The highest BCUT2D eigenvalue weighted by Crippen LogP contribution is 2.15. The van der Waals surface area contributed by atoms with E-state index in [1.165, 1.54) is 0 Å². The van der Waals surface area contributed by atoms with E-state index in [1.54, 1.807) is 17.0 Å². The van der Waals surface area contributed by atoms with Gasteiger partial charge in [0.15, 0.2) is 5.65 Å². The first-order valence-corrected chi connectivity index (χ1v) is 10.6. The topological polar surface area (TPSA) is 75.7 Å². The predicted molar refractivity (Wildman–Crippen MR) is 119 cm³/mol. The zero-order chi connectivity index (χ0) is 21.2. The molecule has 0 aromatic carbocycles. The largest absolute Gasteiger partial charge is 0.353 e. The number of nitrogens with zero attached hydrogens (tertiary/aromatic N) is 6. The third-order valence-electron chi connectivity index (χ3n) is 5.87. The van der Waals surface area contributed by atoms with Crippen LogP contribution in [0.1, 0.15) is 12.8 Å². The lowest BCUT2D eigenvalue weighted by Crippen LogP contribution is -2.49. The fourth-order valence-corrected chi connectivity index (χ4v) is 4.26. The van der Waals surface area contributed by atoms with E-state index in [0.717, 1.165) is 24.4 Å². The number of aromatic nitrogens is 4. The molecular weight excluding hydrogens is 392 g/mol. The first kappa shape index (κ1) is 19.3. The molecule has 0 spiro atoms. The maximum absolute atomic E-state index is 12.9. The van der Waals surface area contributed by atoms with Crippen molar-refractivity contribution in [1.29, 1.82) is 0 Å². The van der Waals surface area contributed by atoms with Gasteiger partial charge in [0.25, 0.3) is 5.56 Å². The second kappa shape index (κ2) is 8.22. The monoisotopic (exact) mass is 416 g/mol. The molecule has 1 fully saturated rings. The van der Waals surface area contributed by atoms with Crippen LogP contribution in [0, 0.1) is 0 Å². The van der Waals surface area contributed by atoms with Crippen LogP contribution in [-0.4, -0.2) is 55.9 Å². The number of aryl methyl sites for hydroxylation is 1. The molecule has 0 unspecified atom stereocenters. The summed E-state index contributed by atoms with van der Waals surface area (Å²) in [7, 11) is 0. The Morgan fingerprint density at radius 1 is 0.903 bits per heavy atom. The summed E-state index contributed by atoms with van der Waals surface area (Å²) in [6.45, 7) is 3.41. The minimum absolute atomic E-state index is 0.0763. The molecule has 8 heteroatoms. The summed E-state index contributed by atoms with van der Waals surface area (Å²) in [6.07, 6.45) is 6.37. The quantitative estimate of drug-likeness (QED) is 0.498. The lowest BCUT2D eigenvalue weighted by Gasteiger charge is -2.35. The number of amides is 1. The van der Waals surface area contributed by atoms with Crippen molar-refractivity contribution in [2.45, 2.75) is 19.4 Å². The summed E-state index contributed by atoms with van der Waals surface area (Å²) in [4.78, 5) is 38.6. The number of anilines is 1. The number of hydrogen-bond donors (Lipinski definition) is 0. The van der Waals surface area contributed by atoms with Gasteiger partial charge in [-0.05, 0) is 42.8 Å². The molecule has 4 aromatic rings. The summed E-state index contributed by atoms with van der Waals surface area (Å²) in [5.41, 5.74) is 2.08. The minimum atomic E-state index is -0.0763. The Hall–Kier alpha value is -3.68. The number of hydrogen-bond acceptors (Lipinski definition) is 5. The summed E-state index contributed by atoms with van der Waals surface area (Å²) in [5, 5.41) is 0. The molecule has 0 bridgehead atoms. The Balaban J connectivity index is 1.23. The number of carbonyl (C=O) groups excluding carboxylic acids is 1. The normalized spacial score (nSPS) is 14.5. The van der Waals surface area contributed by atoms with Crippen molar-refractivity contribution in [3.05, 3.63) is 71.4 Å². The lowest BCUT2D eigenvalue weighted by atomic mass is 10.2. The number of fused-ring (bicyclic) bond motifs is 3. The molecule has 0 radical (unpaired) electrons. The maximum Gasteiger partial charge on any atom is 0.276 e. The summed E-state index contributed by atoms with van der Waals surface area (Å²) in [5.74, 6) is 1.09. The molecule has 0 N–H and O–H groups in total. The summed E-state index contributed by atoms with van der Waals surface area (Å²) in [6, 6.07) is 13.4. The minimum Gasteiger partial charge on any atom is -0.353 e. The van der Waals surface area contributed by atoms with Crippen LogP contribution in [0.15, 0.2) is 65.8 Å². The molecule has 0 atom stereocenters. The van der Waals surface area contributed by atoms with Gasteiger partial charge in [-0.3, -0.25) is 14.2 Å². The standard InChI is InChI=1S/C23H24N6O2/c30-21(27-16-14-26(15-17-27)20-8-1-2-10-24-20)9-5-13-29-22-18(6-3-11-25-22)28-12-4-7-19(28)23(29)31/h1-4,6-8,10-12H,5,9,13-17H2. The molecule has 31 heavy (non-hydrogen) atoms. The Labute approximate surface area is 179 Å². The van der Waals surface area contributed by atoms with Crippen LogP contribution in [0.25, 0.3) is 16.7 Å². The van der Waals surface area contributed by atoms with E-state index < -0.39 is 0 Å². The highest BCUT2D eigenvalue weighted by atomic mass is 16.2. The number of pyridine rings is 2. The molecule has 8 nitrogen and oxygen atoms in total. The van der Waals surface area contributed by atoms with Gasteiger partial charge in [-0.1, -0.05) is 6.07 Å². The molecule has 0 saturated carbocycles. The average molecular weight is 416 g/mol. The van der Waals surface area contributed by atoms with Crippen molar-refractivity contribution in [2.24, 2.45) is 0 Å². The van der Waals surface area contributed by atoms with Gasteiger partial charge in [0.05, 0.1) is 5.52 Å². The first-order chi connectivity index (χ1) is 15.2. The molecule has 0 aliphatic carbocycles. The van der Waals surface area contributed by atoms with E-state index in [0.29, 0.717) is 43.6 Å². The van der Waals surface area contributed by atoms with Crippen molar-refractivity contribution in [2.75, 3.05) is 31.1 Å². The van der Waals surface area contributed by atoms with Crippen molar-refractivity contribution in [3.8, 4) is 0 Å². The molecule has 5 heterocycles. The van der Waals surface area contributed by atoms with Gasteiger partial charge in [-0.2, -0.15) is 0 Å². The van der Waals surface area contributed by atoms with Gasteiger partial charge < -0.3 is 14.2 Å². The van der Waals surface area contributed by atoms with E-state index in [2.05, 4.69) is 14.9 Å². The van der Waals surface area contributed by atoms with Crippen LogP contribution >= 0.6 is 0 Å². The van der Waals surface area contributed by atoms with Gasteiger partial charge in [0, 0.05) is 57.7 Å². The van der Waals surface area contributed by atoms with Crippen molar-refractivity contribution in [3.63, 3.8) is 0 Å². The molecule has 1 saturated heterocycles. The predicted octanol–water partition coefficient (Wildman–Crippen LogP) is 2.17. The van der Waals surface area contributed by atoms with Crippen molar-refractivity contribution < 1.29 is 4.79 Å². The maximum atomic E-state index is 12.9. The van der Waals surface area contributed by atoms with Crippen LogP contribution in [0.2, 0.25) is 0 Å². The van der Waals surface area contributed by atoms with E-state index >= 15 is 0 Å². The Morgan fingerprint density at radius 3 is 2.52 bits per heavy atom. The highest BCUT2D eigenvalue weighted by molar-refractivity contribution is 5.77. The molecule has 1 aliphatic rings. The SMILES string of the molecule is O=C(CCCn1c(=O)c2cccn2c2cccnc21)N1CCN(c2ccccn2)CC1. The third-order valence-corrected chi connectivity index (χ3v) is 5.87. The fourth-order valence-electron chi connectivity index (χ4n) is 4.26. The van der Waals surface area contributed by atoms with Crippen LogP contribution in [0.4, 0.5) is 5.82 Å². The lowest BCUT2D eigenvalue weighted by molar-refractivity contribution is -0.131. The number of carbonyl (C=O) groups is 1. The Bertz CT molecular complexity index is 1270. The molecule has 1 amide bonds. The second-order valence-corrected chi connectivity index (χ2v) is 7.73. The zero-order valence-electron chi connectivity index (χ0n) is 17.2. The van der Waals surface area contributed by atoms with Gasteiger partial charge in [0.2, 0.25) is 5.91 Å². The molecular formula is C23H24N6O2. The third kappa shape index (κ3) is 3.65. The fraction of sp³-hybridized carbons (Fsp3) is 0.304. The van der Waals surface area contributed by atoms with Crippen LogP contribution in [0.5, 0.6) is 0 Å². The smallest absolute Gasteiger partial charge is 0.276 e. The Morgan fingerprint density at radius 2 is 1.71 bits per heavy atom. The highest BCUT2D eigenvalue weighted by Gasteiger charge is 2.21. The van der Waals surface area contributed by atoms with Gasteiger partial charge >= 0.3 is 0 Å². The van der Waals surface area contributed by atoms with Gasteiger partial charge in [0.1, 0.15) is 11.3 Å². The Kier molecular flexibility index (Phi) is 5.11. The number of rotatable bonds is 5. The van der Waals surface area contributed by atoms with E-state index in [1.807, 2.05) is 58.0 Å². The molecule has 4 aromatic heterocycles. The van der Waals surface area contributed by atoms with E-state index in [4.69, 9.17) is 0 Å². The van der Waals surface area contributed by atoms with Gasteiger partial charge in [-0.25, -0.2) is 9.97 Å². The second-order valence-electron chi connectivity index (χ2n) is 7.73. The molecule has 5 rings (SSSR count). The zero-order valence-corrected chi connectivity index (χ0v) is 17.2.